The number of nitrogens with zero attached hydrogens (tertiary/aromatic N) is 3. The van der Waals surface area contributed by atoms with Crippen LogP contribution in [0.1, 0.15) is 49.4 Å². The van der Waals surface area contributed by atoms with Crippen molar-refractivity contribution in [2.24, 2.45) is 5.10 Å². The predicted octanol–water partition coefficient (Wildman–Crippen LogP) is 5.58. The molecule has 3 aromatic rings. The van der Waals surface area contributed by atoms with Gasteiger partial charge in [0.25, 0.3) is 5.56 Å². The number of hydrogen-bond donors (Lipinski definition) is 0. The molecule has 2 aliphatic rings. The van der Waals surface area contributed by atoms with E-state index in [2.05, 4.69) is 37.0 Å². The summed E-state index contributed by atoms with van der Waals surface area (Å²) >= 11 is 7.00. The fourth-order valence-corrected chi connectivity index (χ4v) is 4.84. The largest absolute Gasteiger partial charge is 0.454 e. The Balaban J connectivity index is 1.64. The summed E-state index contributed by atoms with van der Waals surface area (Å²) in [6.45, 7) is 0.205. The zero-order valence-corrected chi connectivity index (χ0v) is 19.3. The van der Waals surface area contributed by atoms with Gasteiger partial charge in [0.1, 0.15) is 5.82 Å². The monoisotopic (exact) mass is 531 g/mol. The van der Waals surface area contributed by atoms with Crippen LogP contribution in [0.25, 0.3) is 10.9 Å². The van der Waals surface area contributed by atoms with Gasteiger partial charge in [-0.3, -0.25) is 4.79 Å². The maximum Gasteiger partial charge on any atom is 0.282 e. The highest BCUT2D eigenvalue weighted by atomic mass is 79.9. The summed E-state index contributed by atoms with van der Waals surface area (Å²) in [5.74, 6) is 2.33. The van der Waals surface area contributed by atoms with Gasteiger partial charge in [0, 0.05) is 20.4 Å². The fourth-order valence-electron chi connectivity index (χ4n) is 4.05. The minimum absolute atomic E-state index is 0.157. The molecule has 0 N–H and O–H groups in total. The summed E-state index contributed by atoms with van der Waals surface area (Å²) < 4.78 is 14.0. The lowest BCUT2D eigenvalue weighted by Gasteiger charge is -2.22. The third-order valence-electron chi connectivity index (χ3n) is 5.61. The van der Waals surface area contributed by atoms with Gasteiger partial charge in [-0.2, -0.15) is 9.78 Å². The van der Waals surface area contributed by atoms with Crippen LogP contribution in [0.2, 0.25) is 0 Å². The van der Waals surface area contributed by atoms with E-state index in [9.17, 15) is 4.79 Å². The highest BCUT2D eigenvalue weighted by Gasteiger charge is 2.23. The molecule has 2 aromatic carbocycles. The Morgan fingerprint density at radius 2 is 1.83 bits per heavy atom. The second kappa shape index (κ2) is 8.15. The molecule has 0 bridgehead atoms. The summed E-state index contributed by atoms with van der Waals surface area (Å²) in [5.41, 5.74) is 1.35. The minimum Gasteiger partial charge on any atom is -0.454 e. The first-order chi connectivity index (χ1) is 14.6. The van der Waals surface area contributed by atoms with E-state index in [1.165, 1.54) is 11.1 Å². The van der Waals surface area contributed by atoms with Crippen LogP contribution < -0.4 is 15.0 Å². The minimum atomic E-state index is -0.157. The highest BCUT2D eigenvalue weighted by Crippen LogP contribution is 2.36. The fraction of sp³-hybridized carbons (Fsp3) is 0.318. The summed E-state index contributed by atoms with van der Waals surface area (Å²) in [6, 6.07) is 9.31. The molecule has 0 unspecified atom stereocenters. The van der Waals surface area contributed by atoms with Crippen molar-refractivity contribution in [2.75, 3.05) is 6.79 Å². The lowest BCUT2D eigenvalue weighted by molar-refractivity contribution is 0.174. The zero-order chi connectivity index (χ0) is 20.7. The van der Waals surface area contributed by atoms with E-state index < -0.39 is 0 Å². The Bertz CT molecular complexity index is 1220. The van der Waals surface area contributed by atoms with Crippen molar-refractivity contribution in [3.05, 3.63) is 61.0 Å². The van der Waals surface area contributed by atoms with E-state index in [-0.39, 0.29) is 18.3 Å². The van der Waals surface area contributed by atoms with Crippen molar-refractivity contribution in [1.29, 1.82) is 0 Å². The number of aromatic nitrogens is 2. The van der Waals surface area contributed by atoms with Crippen molar-refractivity contribution in [1.82, 2.24) is 9.66 Å². The predicted molar refractivity (Wildman–Crippen MR) is 123 cm³/mol. The molecule has 0 radical (unpaired) electrons. The second-order valence-electron chi connectivity index (χ2n) is 7.55. The van der Waals surface area contributed by atoms with Crippen molar-refractivity contribution in [2.45, 2.75) is 38.0 Å². The Labute approximate surface area is 190 Å². The smallest absolute Gasteiger partial charge is 0.282 e. The zero-order valence-electron chi connectivity index (χ0n) is 16.1. The summed E-state index contributed by atoms with van der Waals surface area (Å²) in [7, 11) is 0. The molecule has 1 fully saturated rings. The maximum atomic E-state index is 13.4. The van der Waals surface area contributed by atoms with Crippen LogP contribution in [0, 0.1) is 0 Å². The van der Waals surface area contributed by atoms with Crippen molar-refractivity contribution in [3.8, 4) is 11.5 Å². The lowest BCUT2D eigenvalue weighted by Crippen LogP contribution is -2.25. The Hall–Kier alpha value is -2.19. The topological polar surface area (TPSA) is 65.7 Å². The molecular formula is C22H19Br2N3O3. The standard InChI is InChI=1S/C22H19Br2N3O3/c23-15-6-7-18-16(9-15)22(28)27(21(26-18)13-4-2-1-3-5-13)25-11-14-8-19-20(10-17(14)24)30-12-29-19/h6-11,13H,1-5,12H2. The first-order valence-electron chi connectivity index (χ1n) is 9.96. The molecule has 1 aliphatic heterocycles. The number of rotatable bonds is 3. The molecule has 6 nitrogen and oxygen atoms in total. The number of benzene rings is 2. The molecule has 30 heavy (non-hydrogen) atoms. The van der Waals surface area contributed by atoms with Crippen LogP contribution in [0.3, 0.4) is 0 Å². The Kier molecular flexibility index (Phi) is 5.37. The van der Waals surface area contributed by atoms with Crippen LogP contribution in [-0.4, -0.2) is 22.7 Å². The van der Waals surface area contributed by atoms with Gasteiger partial charge in [-0.25, -0.2) is 4.98 Å². The molecule has 5 rings (SSSR count). The van der Waals surface area contributed by atoms with E-state index >= 15 is 0 Å². The van der Waals surface area contributed by atoms with Gasteiger partial charge >= 0.3 is 0 Å². The third-order valence-corrected chi connectivity index (χ3v) is 6.79. The molecule has 8 heteroatoms. The maximum absolute atomic E-state index is 13.4. The van der Waals surface area contributed by atoms with Crippen molar-refractivity contribution in [3.63, 3.8) is 0 Å². The second-order valence-corrected chi connectivity index (χ2v) is 9.32. The van der Waals surface area contributed by atoms with E-state index in [1.54, 1.807) is 12.3 Å². The van der Waals surface area contributed by atoms with Gasteiger partial charge in [0.05, 0.1) is 17.1 Å². The SMILES string of the molecule is O=c1c2cc(Br)ccc2nc(C2CCCCC2)n1N=Cc1cc2c(cc1Br)OCO2. The van der Waals surface area contributed by atoms with Gasteiger partial charge in [-0.05, 0) is 59.1 Å². The van der Waals surface area contributed by atoms with E-state index in [0.717, 1.165) is 46.0 Å². The number of hydrogen-bond acceptors (Lipinski definition) is 5. The average molecular weight is 533 g/mol. The summed E-state index contributed by atoms with van der Waals surface area (Å²) in [5, 5.41) is 5.14. The Morgan fingerprint density at radius 3 is 2.63 bits per heavy atom. The molecule has 0 spiro atoms. The molecule has 0 amide bonds. The molecule has 1 aliphatic carbocycles. The first-order valence-corrected chi connectivity index (χ1v) is 11.5. The molecular weight excluding hydrogens is 514 g/mol. The molecule has 0 saturated heterocycles. The van der Waals surface area contributed by atoms with Gasteiger partial charge < -0.3 is 9.47 Å². The van der Waals surface area contributed by atoms with Gasteiger partial charge in [0.15, 0.2) is 11.5 Å². The van der Waals surface area contributed by atoms with Crippen LogP contribution in [0.5, 0.6) is 11.5 Å². The Morgan fingerprint density at radius 1 is 1.07 bits per heavy atom. The summed E-state index contributed by atoms with van der Waals surface area (Å²) in [6.07, 6.45) is 7.25. The average Bonchev–Trinajstić information content (AvgIpc) is 3.21. The van der Waals surface area contributed by atoms with E-state index in [1.807, 2.05) is 24.3 Å². The number of fused-ring (bicyclic) bond motifs is 2. The summed E-state index contributed by atoms with van der Waals surface area (Å²) in [4.78, 5) is 18.2. The first kappa shape index (κ1) is 19.8. The van der Waals surface area contributed by atoms with Crippen molar-refractivity contribution >= 4 is 49.0 Å². The normalized spacial score (nSPS) is 16.6. The van der Waals surface area contributed by atoms with E-state index in [4.69, 9.17) is 14.5 Å². The van der Waals surface area contributed by atoms with Crippen LogP contribution in [-0.2, 0) is 0 Å². The van der Waals surface area contributed by atoms with E-state index in [0.29, 0.717) is 22.4 Å². The molecule has 0 atom stereocenters. The molecule has 1 aromatic heterocycles. The number of ether oxygens (including phenoxy) is 2. The van der Waals surface area contributed by atoms with Crippen molar-refractivity contribution < 1.29 is 9.47 Å². The number of halogens is 2. The van der Waals surface area contributed by atoms with Gasteiger partial charge in [0.2, 0.25) is 6.79 Å². The van der Waals surface area contributed by atoms with Crippen LogP contribution in [0.4, 0.5) is 0 Å². The lowest BCUT2D eigenvalue weighted by atomic mass is 9.88. The van der Waals surface area contributed by atoms with Crippen LogP contribution in [0.15, 0.2) is 49.2 Å². The highest BCUT2D eigenvalue weighted by molar-refractivity contribution is 9.10. The molecule has 154 valence electrons. The van der Waals surface area contributed by atoms with Gasteiger partial charge in [-0.1, -0.05) is 35.2 Å². The molecule has 2 heterocycles. The quantitative estimate of drug-likeness (QED) is 0.413. The van der Waals surface area contributed by atoms with Crippen LogP contribution >= 0.6 is 31.9 Å². The molecule has 1 saturated carbocycles. The third kappa shape index (κ3) is 3.67. The van der Waals surface area contributed by atoms with Gasteiger partial charge in [-0.15, -0.1) is 0 Å².